The fraction of sp³-hybridized carbons (Fsp3) is 1.00. The Balaban J connectivity index is 2.92. The van der Waals surface area contributed by atoms with Crippen LogP contribution in [0.4, 0.5) is 0 Å². The van der Waals surface area contributed by atoms with Crippen molar-refractivity contribution in [3.05, 3.63) is 0 Å². The Morgan fingerprint density at radius 2 is 2.50 bits per heavy atom. The Kier molecular flexibility index (Phi) is 5.73. The van der Waals surface area contributed by atoms with E-state index in [0.29, 0.717) is 5.67 Å². The van der Waals surface area contributed by atoms with Crippen molar-refractivity contribution in [2.45, 2.75) is 25.4 Å². The molecule has 0 aliphatic heterocycles. The zero-order valence-corrected chi connectivity index (χ0v) is 9.10. The summed E-state index contributed by atoms with van der Waals surface area (Å²) in [4.78, 5) is 0. The molecule has 0 aromatic carbocycles. The van der Waals surface area contributed by atoms with Crippen molar-refractivity contribution in [2.24, 2.45) is 5.73 Å². The topological polar surface area (TPSA) is 35.2 Å². The molecule has 0 spiro atoms. The zero-order valence-electron chi connectivity index (χ0n) is 5.68. The maximum absolute atomic E-state index is 5.65. The maximum atomic E-state index is 5.65. The van der Waals surface area contributed by atoms with Gasteiger partial charge in [0.2, 0.25) is 0 Å². The van der Waals surface area contributed by atoms with Crippen LogP contribution in [0.1, 0.15) is 19.8 Å². The smallest absolute Gasteiger partial charge is 0.162 e. The van der Waals surface area contributed by atoms with Gasteiger partial charge in [-0.15, -0.1) is 0 Å². The lowest BCUT2D eigenvalue weighted by atomic mass is 10.3. The highest BCUT2D eigenvalue weighted by molar-refractivity contribution is 6.36. The highest BCUT2D eigenvalue weighted by Gasteiger charge is 1.97. The van der Waals surface area contributed by atoms with Gasteiger partial charge in [-0.1, -0.05) is 13.3 Å². The van der Waals surface area contributed by atoms with Crippen molar-refractivity contribution in [3.8, 4) is 0 Å². The summed E-state index contributed by atoms with van der Waals surface area (Å²) < 4.78 is 5.11. The van der Waals surface area contributed by atoms with Crippen LogP contribution >= 0.6 is 0 Å². The van der Waals surface area contributed by atoms with Crippen LogP contribution in [0.5, 0.6) is 0 Å². The van der Waals surface area contributed by atoms with Gasteiger partial charge in [-0.2, -0.15) is 0 Å². The summed E-state index contributed by atoms with van der Waals surface area (Å²) in [6.07, 6.45) is 2.34. The predicted octanol–water partition coefficient (Wildman–Crippen LogP) is -1.55. The van der Waals surface area contributed by atoms with Gasteiger partial charge in [0.1, 0.15) is 10.5 Å². The van der Waals surface area contributed by atoms with Gasteiger partial charge in [-0.25, -0.2) is 0 Å². The molecule has 8 heavy (non-hydrogen) atoms. The Labute approximate surface area is 56.3 Å². The normalized spacial score (nSPS) is 15.8. The summed E-state index contributed by atoms with van der Waals surface area (Å²) in [6.45, 7) is 2.15. The molecule has 2 nitrogen and oxygen atoms in total. The highest BCUT2D eigenvalue weighted by atomic mass is 28.3. The van der Waals surface area contributed by atoms with Crippen LogP contribution in [-0.4, -0.2) is 25.9 Å². The molecule has 0 saturated carbocycles. The highest BCUT2D eigenvalue weighted by Crippen LogP contribution is 1.89. The average molecular weight is 149 g/mol. The van der Waals surface area contributed by atoms with Gasteiger partial charge >= 0.3 is 0 Å². The van der Waals surface area contributed by atoms with Crippen molar-refractivity contribution >= 4 is 20.2 Å². The molecule has 1 atom stereocenters. The molecular weight excluding hydrogens is 134 g/mol. The molecule has 0 heterocycles. The van der Waals surface area contributed by atoms with Crippen molar-refractivity contribution in [2.75, 3.05) is 0 Å². The summed E-state index contributed by atoms with van der Waals surface area (Å²) in [7, 11) is 0.550. The van der Waals surface area contributed by atoms with Gasteiger partial charge in [-0.3, -0.25) is 0 Å². The first-order chi connectivity index (χ1) is 3.81. The van der Waals surface area contributed by atoms with Gasteiger partial charge in [0.25, 0.3) is 0 Å². The van der Waals surface area contributed by atoms with Crippen LogP contribution < -0.4 is 5.73 Å². The molecule has 0 amide bonds. The first-order valence-corrected chi connectivity index (χ1v) is 5.26. The molecular formula is C4H15NOSi2. The molecule has 4 heteroatoms. The minimum Gasteiger partial charge on any atom is -0.467 e. The van der Waals surface area contributed by atoms with Crippen LogP contribution in [0.2, 0.25) is 0 Å². The van der Waals surface area contributed by atoms with Crippen LogP contribution in [0.25, 0.3) is 0 Å². The minimum atomic E-state index is -0.325. The van der Waals surface area contributed by atoms with E-state index < -0.39 is 0 Å². The third-order valence-corrected chi connectivity index (χ3v) is 3.21. The van der Waals surface area contributed by atoms with Crippen molar-refractivity contribution < 1.29 is 4.12 Å². The second-order valence-electron chi connectivity index (χ2n) is 2.00. The summed E-state index contributed by atoms with van der Waals surface area (Å²) in [6, 6.07) is 0. The Morgan fingerprint density at radius 1 is 1.88 bits per heavy atom. The molecule has 0 bridgehead atoms. The first-order valence-electron chi connectivity index (χ1n) is 3.05. The van der Waals surface area contributed by atoms with Gasteiger partial charge < -0.3 is 9.85 Å². The Hall–Kier alpha value is 0.354. The van der Waals surface area contributed by atoms with Crippen LogP contribution in [0.3, 0.4) is 0 Å². The monoisotopic (exact) mass is 149 g/mol. The van der Waals surface area contributed by atoms with Crippen LogP contribution in [0.15, 0.2) is 0 Å². The number of rotatable bonds is 4. The summed E-state index contributed by atoms with van der Waals surface area (Å²) >= 11 is 0. The molecule has 0 rings (SSSR count). The standard InChI is InChI=1S/C4H15NOSi2/c1-2-3-4(5)8-6-7/h4H,2-3,5,8H2,1,7H3. The predicted molar refractivity (Wildman–Crippen MR) is 42.5 cm³/mol. The quantitative estimate of drug-likeness (QED) is 0.491. The number of nitrogens with two attached hydrogens (primary N) is 1. The van der Waals surface area contributed by atoms with E-state index in [9.17, 15) is 0 Å². The van der Waals surface area contributed by atoms with E-state index in [4.69, 9.17) is 9.85 Å². The third-order valence-electron chi connectivity index (χ3n) is 1.04. The molecule has 0 fully saturated rings. The molecule has 2 N–H and O–H groups in total. The molecule has 0 saturated heterocycles. The molecule has 0 aromatic heterocycles. The molecule has 0 aliphatic carbocycles. The summed E-state index contributed by atoms with van der Waals surface area (Å²) in [5.74, 6) is 0. The van der Waals surface area contributed by atoms with E-state index in [-0.39, 0.29) is 9.76 Å². The molecule has 0 aromatic rings. The molecule has 1 unspecified atom stereocenters. The van der Waals surface area contributed by atoms with E-state index in [0.717, 1.165) is 16.9 Å². The summed E-state index contributed by atoms with van der Waals surface area (Å²) in [5, 5.41) is 0. The largest absolute Gasteiger partial charge is 0.467 e. The second kappa shape index (κ2) is 5.49. The van der Waals surface area contributed by atoms with Crippen molar-refractivity contribution in [1.29, 1.82) is 0 Å². The van der Waals surface area contributed by atoms with Gasteiger partial charge in [-0.05, 0) is 6.42 Å². The van der Waals surface area contributed by atoms with E-state index >= 15 is 0 Å². The van der Waals surface area contributed by atoms with E-state index in [1.54, 1.807) is 0 Å². The molecule has 0 radical (unpaired) electrons. The lowest BCUT2D eigenvalue weighted by Gasteiger charge is -2.05. The van der Waals surface area contributed by atoms with E-state index in [1.807, 2.05) is 0 Å². The maximum Gasteiger partial charge on any atom is 0.162 e. The third kappa shape index (κ3) is 4.51. The van der Waals surface area contributed by atoms with Crippen molar-refractivity contribution in [1.82, 2.24) is 0 Å². The van der Waals surface area contributed by atoms with Crippen molar-refractivity contribution in [3.63, 3.8) is 0 Å². The zero-order chi connectivity index (χ0) is 6.41. The van der Waals surface area contributed by atoms with Gasteiger partial charge in [0.15, 0.2) is 9.76 Å². The van der Waals surface area contributed by atoms with E-state index in [2.05, 4.69) is 6.92 Å². The average Bonchev–Trinajstić information content (AvgIpc) is 1.68. The fourth-order valence-corrected chi connectivity index (χ4v) is 2.96. The minimum absolute atomic E-state index is 0.325. The Morgan fingerprint density at radius 3 is 2.88 bits per heavy atom. The van der Waals surface area contributed by atoms with Gasteiger partial charge in [0.05, 0.1) is 0 Å². The fourth-order valence-electron chi connectivity index (χ4n) is 0.668. The molecule has 0 aliphatic rings. The molecule has 50 valence electrons. The van der Waals surface area contributed by atoms with Crippen LogP contribution in [-0.2, 0) is 4.12 Å². The lowest BCUT2D eigenvalue weighted by Crippen LogP contribution is -2.28. The van der Waals surface area contributed by atoms with Gasteiger partial charge in [0, 0.05) is 5.67 Å². The SMILES string of the molecule is CCCC(N)[SiH2]O[SiH3]. The number of hydrogen-bond acceptors (Lipinski definition) is 2. The first kappa shape index (κ1) is 8.35. The lowest BCUT2D eigenvalue weighted by molar-refractivity contribution is 0.613. The van der Waals surface area contributed by atoms with E-state index in [1.165, 1.54) is 6.42 Å². The number of hydrogen-bond donors (Lipinski definition) is 1. The second-order valence-corrected chi connectivity index (χ2v) is 5.70. The summed E-state index contributed by atoms with van der Waals surface area (Å²) in [5.41, 5.74) is 6.07. The van der Waals surface area contributed by atoms with Crippen LogP contribution in [0, 0.1) is 0 Å². The Bertz CT molecular complexity index is 47.3.